The van der Waals surface area contributed by atoms with E-state index in [-0.39, 0.29) is 11.9 Å². The van der Waals surface area contributed by atoms with Gasteiger partial charge in [0, 0.05) is 19.6 Å². The second-order valence-corrected chi connectivity index (χ2v) is 6.06. The number of piperidine rings is 1. The molecule has 0 saturated carbocycles. The number of carbonyl (C=O) groups excluding carboxylic acids is 2. The first-order valence-electron chi connectivity index (χ1n) is 7.56. The third kappa shape index (κ3) is 5.53. The van der Waals surface area contributed by atoms with Crippen LogP contribution in [0.2, 0.25) is 0 Å². The summed E-state index contributed by atoms with van der Waals surface area (Å²) in [5, 5.41) is 0. The van der Waals surface area contributed by atoms with Crippen molar-refractivity contribution in [1.29, 1.82) is 0 Å². The summed E-state index contributed by atoms with van der Waals surface area (Å²) in [4.78, 5) is 25.6. The molecule has 0 radical (unpaired) electrons. The van der Waals surface area contributed by atoms with Crippen LogP contribution in [-0.4, -0.2) is 48.5 Å². The molecule has 6 heteroatoms. The first-order valence-corrected chi connectivity index (χ1v) is 7.56. The maximum absolute atomic E-state index is 12.2. The van der Waals surface area contributed by atoms with E-state index in [4.69, 9.17) is 14.2 Å². The van der Waals surface area contributed by atoms with E-state index in [1.54, 1.807) is 11.8 Å². The van der Waals surface area contributed by atoms with Gasteiger partial charge in [-0.3, -0.25) is 9.69 Å². The minimum atomic E-state index is -0.550. The van der Waals surface area contributed by atoms with E-state index in [1.807, 2.05) is 27.7 Å². The van der Waals surface area contributed by atoms with Gasteiger partial charge in [-0.05, 0) is 41.0 Å². The molecule has 122 valence electrons. The van der Waals surface area contributed by atoms with Crippen molar-refractivity contribution in [2.75, 3.05) is 19.8 Å². The Morgan fingerprint density at radius 1 is 1.19 bits per heavy atom. The lowest BCUT2D eigenvalue weighted by atomic mass is 9.95. The number of amides is 1. The molecule has 0 bridgehead atoms. The number of hydrogen-bond acceptors (Lipinski definition) is 5. The van der Waals surface area contributed by atoms with Crippen molar-refractivity contribution >= 4 is 12.1 Å². The summed E-state index contributed by atoms with van der Waals surface area (Å²) in [6, 6.07) is 0. The van der Waals surface area contributed by atoms with Crippen LogP contribution >= 0.6 is 0 Å². The zero-order chi connectivity index (χ0) is 16.0. The topological polar surface area (TPSA) is 65.1 Å². The molecule has 6 nitrogen and oxygen atoms in total. The van der Waals surface area contributed by atoms with E-state index in [0.717, 1.165) is 0 Å². The number of likely N-dealkylation sites (tertiary alicyclic amines) is 1. The zero-order valence-corrected chi connectivity index (χ0v) is 13.7. The highest BCUT2D eigenvalue weighted by Gasteiger charge is 2.37. The molecule has 1 heterocycles. The van der Waals surface area contributed by atoms with Gasteiger partial charge in [-0.15, -0.1) is 0 Å². The maximum atomic E-state index is 12.2. The Hall–Kier alpha value is -1.30. The third-order valence-electron chi connectivity index (χ3n) is 3.16. The fourth-order valence-electron chi connectivity index (χ4n) is 2.28. The lowest BCUT2D eigenvalue weighted by Crippen LogP contribution is -2.50. The van der Waals surface area contributed by atoms with Crippen LogP contribution < -0.4 is 0 Å². The quantitative estimate of drug-likeness (QED) is 0.747. The van der Waals surface area contributed by atoms with Crippen LogP contribution in [0.5, 0.6) is 0 Å². The summed E-state index contributed by atoms with van der Waals surface area (Å²) in [7, 11) is 0. The van der Waals surface area contributed by atoms with Gasteiger partial charge in [0.2, 0.25) is 0 Å². The molecule has 2 atom stereocenters. The summed E-state index contributed by atoms with van der Waals surface area (Å²) in [6.07, 6.45) is 0.185. The molecule has 1 saturated heterocycles. The van der Waals surface area contributed by atoms with Crippen LogP contribution in [-0.2, 0) is 19.0 Å². The molecular formula is C15H27NO5. The Balaban J connectivity index is 2.70. The molecule has 2 unspecified atom stereocenters. The Bertz CT molecular complexity index is 364. The van der Waals surface area contributed by atoms with Gasteiger partial charge in [0.05, 0.1) is 12.5 Å². The number of esters is 1. The van der Waals surface area contributed by atoms with Crippen molar-refractivity contribution in [3.05, 3.63) is 0 Å². The van der Waals surface area contributed by atoms with Gasteiger partial charge in [0.15, 0.2) is 0 Å². The van der Waals surface area contributed by atoms with Crippen molar-refractivity contribution in [3.8, 4) is 0 Å². The molecule has 0 aliphatic carbocycles. The highest BCUT2D eigenvalue weighted by Crippen LogP contribution is 2.26. The van der Waals surface area contributed by atoms with Crippen LogP contribution in [0, 0.1) is 5.92 Å². The first kappa shape index (κ1) is 17.8. The third-order valence-corrected chi connectivity index (χ3v) is 3.16. The van der Waals surface area contributed by atoms with E-state index < -0.39 is 17.9 Å². The number of ether oxygens (including phenoxy) is 3. The van der Waals surface area contributed by atoms with Gasteiger partial charge in [-0.25, -0.2) is 4.79 Å². The summed E-state index contributed by atoms with van der Waals surface area (Å²) in [5.41, 5.74) is -0.550. The van der Waals surface area contributed by atoms with Crippen LogP contribution in [0.3, 0.4) is 0 Å². The highest BCUT2D eigenvalue weighted by molar-refractivity contribution is 5.73. The average Bonchev–Trinajstić information content (AvgIpc) is 2.37. The van der Waals surface area contributed by atoms with E-state index in [9.17, 15) is 9.59 Å². The van der Waals surface area contributed by atoms with Crippen molar-refractivity contribution in [2.45, 2.75) is 59.3 Å². The molecule has 21 heavy (non-hydrogen) atoms. The predicted molar refractivity (Wildman–Crippen MR) is 77.7 cm³/mol. The van der Waals surface area contributed by atoms with Gasteiger partial charge >= 0.3 is 12.1 Å². The van der Waals surface area contributed by atoms with Gasteiger partial charge in [0.25, 0.3) is 0 Å². The second kappa shape index (κ2) is 7.64. The van der Waals surface area contributed by atoms with Crippen LogP contribution in [0.15, 0.2) is 0 Å². The maximum Gasteiger partial charge on any atom is 0.412 e. The smallest absolute Gasteiger partial charge is 0.412 e. The molecule has 1 fully saturated rings. The summed E-state index contributed by atoms with van der Waals surface area (Å²) < 4.78 is 16.0. The Morgan fingerprint density at radius 3 is 2.38 bits per heavy atom. The molecule has 1 amide bonds. The highest BCUT2D eigenvalue weighted by atomic mass is 16.6. The van der Waals surface area contributed by atoms with E-state index >= 15 is 0 Å². The molecule has 0 aromatic heterocycles. The summed E-state index contributed by atoms with van der Waals surface area (Å²) in [5.74, 6) is -0.439. The Labute approximate surface area is 126 Å². The van der Waals surface area contributed by atoms with Crippen molar-refractivity contribution in [3.63, 3.8) is 0 Å². The molecule has 1 rings (SSSR count). The SMILES string of the molecule is CCOC(=O)C1CCN(C(=O)OC(C)(C)C)C(OCC)C1. The molecule has 1 aliphatic heterocycles. The van der Waals surface area contributed by atoms with Crippen molar-refractivity contribution < 1.29 is 23.8 Å². The second-order valence-electron chi connectivity index (χ2n) is 6.06. The number of hydrogen-bond donors (Lipinski definition) is 0. The number of nitrogens with zero attached hydrogens (tertiary/aromatic N) is 1. The largest absolute Gasteiger partial charge is 0.466 e. The first-order chi connectivity index (χ1) is 9.78. The molecule has 1 aliphatic rings. The van der Waals surface area contributed by atoms with Gasteiger partial charge in [-0.2, -0.15) is 0 Å². The predicted octanol–water partition coefficient (Wildman–Crippen LogP) is 2.56. The minimum Gasteiger partial charge on any atom is -0.466 e. The fourth-order valence-corrected chi connectivity index (χ4v) is 2.28. The molecular weight excluding hydrogens is 274 g/mol. The summed E-state index contributed by atoms with van der Waals surface area (Å²) in [6.45, 7) is 10.4. The Morgan fingerprint density at radius 2 is 1.86 bits per heavy atom. The molecule has 0 aromatic carbocycles. The number of carbonyl (C=O) groups is 2. The molecule has 0 spiro atoms. The lowest BCUT2D eigenvalue weighted by Gasteiger charge is -2.38. The van der Waals surface area contributed by atoms with Crippen LogP contribution in [0.1, 0.15) is 47.5 Å². The minimum absolute atomic E-state index is 0.217. The molecule has 0 aromatic rings. The fraction of sp³-hybridized carbons (Fsp3) is 0.867. The normalized spacial score (nSPS) is 22.8. The summed E-state index contributed by atoms with van der Waals surface area (Å²) >= 11 is 0. The van der Waals surface area contributed by atoms with E-state index in [0.29, 0.717) is 32.6 Å². The van der Waals surface area contributed by atoms with Crippen molar-refractivity contribution in [1.82, 2.24) is 4.90 Å². The Kier molecular flexibility index (Phi) is 6.45. The monoisotopic (exact) mass is 301 g/mol. The van der Waals surface area contributed by atoms with Crippen LogP contribution in [0.25, 0.3) is 0 Å². The number of rotatable bonds is 4. The van der Waals surface area contributed by atoms with E-state index in [2.05, 4.69) is 0 Å². The van der Waals surface area contributed by atoms with Gasteiger partial charge in [0.1, 0.15) is 11.8 Å². The van der Waals surface area contributed by atoms with Gasteiger partial charge in [-0.1, -0.05) is 0 Å². The van der Waals surface area contributed by atoms with Crippen LogP contribution in [0.4, 0.5) is 4.79 Å². The van der Waals surface area contributed by atoms with Gasteiger partial charge < -0.3 is 14.2 Å². The standard InChI is InChI=1S/C15H27NO5/c1-6-19-12-10-11(13(17)20-7-2)8-9-16(12)14(18)21-15(3,4)5/h11-12H,6-10H2,1-5H3. The average molecular weight is 301 g/mol. The molecule has 0 N–H and O–H groups in total. The zero-order valence-electron chi connectivity index (χ0n) is 13.7. The lowest BCUT2D eigenvalue weighted by molar-refractivity contribution is -0.156. The van der Waals surface area contributed by atoms with E-state index in [1.165, 1.54) is 0 Å². The van der Waals surface area contributed by atoms with Crippen molar-refractivity contribution in [2.24, 2.45) is 5.92 Å².